The molecule has 0 unspecified atom stereocenters. The van der Waals surface area contributed by atoms with E-state index in [1.165, 1.54) is 11.1 Å². The predicted octanol–water partition coefficient (Wildman–Crippen LogP) is 3.90. The minimum absolute atomic E-state index is 0.00345. The van der Waals surface area contributed by atoms with Crippen LogP contribution in [-0.2, 0) is 6.42 Å². The molecule has 0 radical (unpaired) electrons. The lowest BCUT2D eigenvalue weighted by Gasteiger charge is -2.32. The molecule has 1 saturated heterocycles. The van der Waals surface area contributed by atoms with E-state index in [9.17, 15) is 4.79 Å². The Labute approximate surface area is 168 Å². The maximum atomic E-state index is 13.2. The van der Waals surface area contributed by atoms with Crippen molar-refractivity contribution in [3.05, 3.63) is 83.3 Å². The third-order valence-electron chi connectivity index (χ3n) is 5.78. The number of rotatable bonds is 4. The fraction of sp³-hybridized carbons (Fsp3) is 0.261. The van der Waals surface area contributed by atoms with Crippen molar-refractivity contribution in [2.45, 2.75) is 25.2 Å². The molecule has 1 amide bonds. The van der Waals surface area contributed by atoms with Crippen LogP contribution < -0.4 is 0 Å². The van der Waals surface area contributed by atoms with E-state index in [1.807, 2.05) is 41.4 Å². The van der Waals surface area contributed by atoms with E-state index in [0.717, 1.165) is 42.4 Å². The fourth-order valence-electron chi connectivity index (χ4n) is 4.30. The Morgan fingerprint density at radius 3 is 2.79 bits per heavy atom. The van der Waals surface area contributed by atoms with Crippen LogP contribution in [0.15, 0.2) is 60.8 Å². The van der Waals surface area contributed by atoms with E-state index < -0.39 is 0 Å². The van der Waals surface area contributed by atoms with Gasteiger partial charge in [-0.3, -0.25) is 15.0 Å². The number of hydrogen-bond acceptors (Lipinski definition) is 3. The first-order valence-corrected chi connectivity index (χ1v) is 10.1. The minimum atomic E-state index is -0.00345. The summed E-state index contributed by atoms with van der Waals surface area (Å²) in [7, 11) is 0. The van der Waals surface area contributed by atoms with Gasteiger partial charge >= 0.3 is 0 Å². The van der Waals surface area contributed by atoms with Gasteiger partial charge in [0.05, 0.1) is 11.7 Å². The molecule has 29 heavy (non-hydrogen) atoms. The number of fused-ring (bicyclic) bond motifs is 1. The van der Waals surface area contributed by atoms with Crippen LogP contribution in [0.2, 0.25) is 0 Å². The van der Waals surface area contributed by atoms with Gasteiger partial charge in [-0.2, -0.15) is 10.2 Å². The SMILES string of the molecule is O=C(c1n[nH]c2ccccc12)N1CCC[C@@H](c2[nH]ncc2Cc2ccccc2)C1. The number of carbonyl (C=O) groups excluding carboxylic acids is 1. The molecule has 2 aromatic carbocycles. The van der Waals surface area contributed by atoms with Crippen molar-refractivity contribution in [3.63, 3.8) is 0 Å². The number of likely N-dealkylation sites (tertiary alicyclic amines) is 1. The molecule has 0 saturated carbocycles. The number of piperidine rings is 1. The molecule has 0 bridgehead atoms. The van der Waals surface area contributed by atoms with Gasteiger partial charge < -0.3 is 4.90 Å². The minimum Gasteiger partial charge on any atom is -0.337 e. The Kier molecular flexibility index (Phi) is 4.60. The van der Waals surface area contributed by atoms with Crippen LogP contribution in [0.25, 0.3) is 10.9 Å². The third kappa shape index (κ3) is 3.42. The average Bonchev–Trinajstić information content (AvgIpc) is 3.41. The normalized spacial score (nSPS) is 17.0. The molecule has 0 aliphatic carbocycles. The Morgan fingerprint density at radius 2 is 1.90 bits per heavy atom. The van der Waals surface area contributed by atoms with Gasteiger partial charge in [-0.1, -0.05) is 48.5 Å². The number of carbonyl (C=O) groups is 1. The molecule has 1 fully saturated rings. The summed E-state index contributed by atoms with van der Waals surface area (Å²) in [6.45, 7) is 1.45. The van der Waals surface area contributed by atoms with Crippen LogP contribution in [0.4, 0.5) is 0 Å². The average molecular weight is 385 g/mol. The zero-order valence-corrected chi connectivity index (χ0v) is 16.1. The first kappa shape index (κ1) is 17.7. The first-order valence-electron chi connectivity index (χ1n) is 10.1. The Balaban J connectivity index is 1.36. The summed E-state index contributed by atoms with van der Waals surface area (Å²) in [5.41, 5.74) is 5.03. The Hall–Kier alpha value is -3.41. The molecule has 6 nitrogen and oxygen atoms in total. The topological polar surface area (TPSA) is 77.7 Å². The highest BCUT2D eigenvalue weighted by atomic mass is 16.2. The molecule has 1 aliphatic heterocycles. The van der Waals surface area contributed by atoms with E-state index in [0.29, 0.717) is 12.2 Å². The van der Waals surface area contributed by atoms with Gasteiger partial charge in [0.2, 0.25) is 0 Å². The number of amides is 1. The summed E-state index contributed by atoms with van der Waals surface area (Å²) < 4.78 is 0. The number of nitrogens with zero attached hydrogens (tertiary/aromatic N) is 3. The molecule has 0 spiro atoms. The van der Waals surface area contributed by atoms with Crippen molar-refractivity contribution in [1.82, 2.24) is 25.3 Å². The lowest BCUT2D eigenvalue weighted by atomic mass is 9.90. The molecular weight excluding hydrogens is 362 g/mol. The highest BCUT2D eigenvalue weighted by Crippen LogP contribution is 2.30. The van der Waals surface area contributed by atoms with Gasteiger partial charge in [-0.15, -0.1) is 0 Å². The lowest BCUT2D eigenvalue weighted by molar-refractivity contribution is 0.0701. The fourth-order valence-corrected chi connectivity index (χ4v) is 4.30. The molecule has 5 rings (SSSR count). The van der Waals surface area contributed by atoms with Gasteiger partial charge in [0.15, 0.2) is 5.69 Å². The van der Waals surface area contributed by atoms with Crippen LogP contribution in [0.5, 0.6) is 0 Å². The maximum Gasteiger partial charge on any atom is 0.275 e. The molecule has 3 heterocycles. The summed E-state index contributed by atoms with van der Waals surface area (Å²) in [5.74, 6) is 0.260. The molecule has 1 atom stereocenters. The second kappa shape index (κ2) is 7.54. The molecule has 146 valence electrons. The molecule has 4 aromatic rings. The second-order valence-corrected chi connectivity index (χ2v) is 7.68. The van der Waals surface area contributed by atoms with Crippen molar-refractivity contribution >= 4 is 16.8 Å². The Morgan fingerprint density at radius 1 is 1.07 bits per heavy atom. The van der Waals surface area contributed by atoms with Crippen molar-refractivity contribution in [2.24, 2.45) is 0 Å². The van der Waals surface area contributed by atoms with Crippen molar-refractivity contribution < 1.29 is 4.79 Å². The summed E-state index contributed by atoms with van der Waals surface area (Å²) in [6.07, 6.45) is 4.79. The van der Waals surface area contributed by atoms with Gasteiger partial charge in [-0.05, 0) is 30.0 Å². The monoisotopic (exact) mass is 385 g/mol. The number of hydrogen-bond donors (Lipinski definition) is 2. The number of aromatic amines is 2. The number of H-pyrrole nitrogens is 2. The lowest BCUT2D eigenvalue weighted by Crippen LogP contribution is -2.39. The number of para-hydroxylation sites is 1. The van der Waals surface area contributed by atoms with Crippen LogP contribution >= 0.6 is 0 Å². The van der Waals surface area contributed by atoms with Crippen LogP contribution in [0.1, 0.15) is 46.1 Å². The zero-order valence-electron chi connectivity index (χ0n) is 16.1. The highest BCUT2D eigenvalue weighted by Gasteiger charge is 2.29. The number of aromatic nitrogens is 4. The first-order chi connectivity index (χ1) is 14.3. The number of nitrogens with one attached hydrogen (secondary N) is 2. The standard InChI is InChI=1S/C23H23N5O/c29-23(22-19-10-4-5-11-20(19)25-27-22)28-12-6-9-17(15-28)21-18(14-24-26-21)13-16-7-2-1-3-8-16/h1-5,7-8,10-11,14,17H,6,9,12-13,15H2,(H,24,26)(H,25,27)/t17-/m1/s1. The van der Waals surface area contributed by atoms with Crippen LogP contribution in [-0.4, -0.2) is 44.3 Å². The quantitative estimate of drug-likeness (QED) is 0.559. The van der Waals surface area contributed by atoms with Crippen LogP contribution in [0.3, 0.4) is 0 Å². The molecule has 6 heteroatoms. The van der Waals surface area contributed by atoms with Crippen LogP contribution in [0, 0.1) is 0 Å². The summed E-state index contributed by atoms with van der Waals surface area (Å²) in [6, 6.07) is 18.2. The van der Waals surface area contributed by atoms with E-state index in [1.54, 1.807) is 0 Å². The molecule has 2 N–H and O–H groups in total. The maximum absolute atomic E-state index is 13.2. The van der Waals surface area contributed by atoms with E-state index >= 15 is 0 Å². The summed E-state index contributed by atoms with van der Waals surface area (Å²) in [5, 5.41) is 15.7. The third-order valence-corrected chi connectivity index (χ3v) is 5.78. The largest absolute Gasteiger partial charge is 0.337 e. The summed E-state index contributed by atoms with van der Waals surface area (Å²) in [4.78, 5) is 15.1. The van der Waals surface area contributed by atoms with Gasteiger partial charge in [0.25, 0.3) is 5.91 Å². The molecular formula is C23H23N5O. The smallest absolute Gasteiger partial charge is 0.275 e. The number of benzene rings is 2. The van der Waals surface area contributed by atoms with Crippen molar-refractivity contribution in [2.75, 3.05) is 13.1 Å². The van der Waals surface area contributed by atoms with E-state index in [2.05, 4.69) is 44.7 Å². The molecule has 1 aliphatic rings. The Bertz CT molecular complexity index is 1130. The zero-order chi connectivity index (χ0) is 19.6. The highest BCUT2D eigenvalue weighted by molar-refractivity contribution is 6.04. The van der Waals surface area contributed by atoms with Crippen molar-refractivity contribution in [3.8, 4) is 0 Å². The summed E-state index contributed by atoms with van der Waals surface area (Å²) >= 11 is 0. The van der Waals surface area contributed by atoms with E-state index in [4.69, 9.17) is 0 Å². The molecule has 2 aromatic heterocycles. The van der Waals surface area contributed by atoms with Gasteiger partial charge in [-0.25, -0.2) is 0 Å². The van der Waals surface area contributed by atoms with Gasteiger partial charge in [0.1, 0.15) is 0 Å². The second-order valence-electron chi connectivity index (χ2n) is 7.68. The predicted molar refractivity (Wildman–Crippen MR) is 112 cm³/mol. The van der Waals surface area contributed by atoms with Gasteiger partial charge in [0, 0.05) is 36.5 Å². The van der Waals surface area contributed by atoms with Crippen molar-refractivity contribution in [1.29, 1.82) is 0 Å². The van der Waals surface area contributed by atoms with E-state index in [-0.39, 0.29) is 11.8 Å².